The van der Waals surface area contributed by atoms with E-state index in [1.165, 1.54) is 18.3 Å². The highest BCUT2D eigenvalue weighted by Crippen LogP contribution is 2.27. The Balaban J connectivity index is 2.07. The average molecular weight is 392 g/mol. The van der Waals surface area contributed by atoms with E-state index >= 15 is 0 Å². The Hall–Kier alpha value is -2.74. The van der Waals surface area contributed by atoms with Crippen molar-refractivity contribution in [1.29, 1.82) is 0 Å². The number of sulfonamides is 1. The van der Waals surface area contributed by atoms with Crippen molar-refractivity contribution in [3.63, 3.8) is 0 Å². The summed E-state index contributed by atoms with van der Waals surface area (Å²) < 4.78 is 40.7. The Bertz CT molecular complexity index is 864. The number of hydrogen-bond acceptors (Lipinski definition) is 6. The van der Waals surface area contributed by atoms with Crippen LogP contribution in [0.15, 0.2) is 52.5 Å². The van der Waals surface area contributed by atoms with E-state index in [9.17, 15) is 8.42 Å². The molecule has 8 heteroatoms. The van der Waals surface area contributed by atoms with Crippen LogP contribution < -0.4 is 19.0 Å². The van der Waals surface area contributed by atoms with E-state index in [0.717, 1.165) is 6.42 Å². The number of benzene rings is 2. The lowest BCUT2D eigenvalue weighted by atomic mass is 10.2. The largest absolute Gasteiger partial charge is 0.494 e. The highest BCUT2D eigenvalue weighted by molar-refractivity contribution is 7.89. The fourth-order valence-electron chi connectivity index (χ4n) is 2.20. The highest BCUT2D eigenvalue weighted by Gasteiger charge is 2.12. The Labute approximate surface area is 160 Å². The zero-order valence-electron chi connectivity index (χ0n) is 15.6. The summed E-state index contributed by atoms with van der Waals surface area (Å²) in [6, 6.07) is 11.4. The number of hydrazone groups is 1. The molecule has 2 rings (SSSR count). The Morgan fingerprint density at radius 1 is 1.04 bits per heavy atom. The molecule has 0 radical (unpaired) electrons. The Morgan fingerprint density at radius 3 is 2.41 bits per heavy atom. The first kappa shape index (κ1) is 20.6. The van der Waals surface area contributed by atoms with Gasteiger partial charge in [0, 0.05) is 0 Å². The molecular weight excluding hydrogens is 368 g/mol. The zero-order chi connectivity index (χ0) is 19.7. The van der Waals surface area contributed by atoms with Gasteiger partial charge in [-0.05, 0) is 61.4 Å². The first-order chi connectivity index (χ1) is 13.0. The van der Waals surface area contributed by atoms with Crippen molar-refractivity contribution in [3.8, 4) is 17.2 Å². The van der Waals surface area contributed by atoms with Gasteiger partial charge in [-0.1, -0.05) is 6.92 Å². The van der Waals surface area contributed by atoms with Gasteiger partial charge in [-0.25, -0.2) is 4.83 Å². The maximum absolute atomic E-state index is 12.3. The minimum Gasteiger partial charge on any atom is -0.494 e. The normalized spacial score (nSPS) is 11.4. The third-order valence-corrected chi connectivity index (χ3v) is 4.72. The molecule has 0 aliphatic rings. The number of hydrogen-bond donors (Lipinski definition) is 1. The lowest BCUT2D eigenvalue weighted by Gasteiger charge is -2.10. The molecule has 0 heterocycles. The second kappa shape index (κ2) is 9.82. The molecule has 0 atom stereocenters. The minimum atomic E-state index is -3.76. The second-order valence-corrected chi connectivity index (χ2v) is 7.18. The fourth-order valence-corrected chi connectivity index (χ4v) is 2.99. The van der Waals surface area contributed by atoms with Crippen LogP contribution in [0.3, 0.4) is 0 Å². The Kier molecular flexibility index (Phi) is 7.48. The van der Waals surface area contributed by atoms with Crippen LogP contribution in [0, 0.1) is 0 Å². The van der Waals surface area contributed by atoms with Crippen molar-refractivity contribution in [2.45, 2.75) is 25.2 Å². The van der Waals surface area contributed by atoms with Crippen LogP contribution in [-0.2, 0) is 10.0 Å². The van der Waals surface area contributed by atoms with Crippen LogP contribution in [0.5, 0.6) is 17.2 Å². The first-order valence-corrected chi connectivity index (χ1v) is 10.1. The molecule has 0 saturated carbocycles. The molecule has 7 nitrogen and oxygen atoms in total. The molecule has 0 aliphatic carbocycles. The first-order valence-electron chi connectivity index (χ1n) is 8.58. The van der Waals surface area contributed by atoms with E-state index in [1.54, 1.807) is 37.4 Å². The van der Waals surface area contributed by atoms with E-state index in [0.29, 0.717) is 36.0 Å². The van der Waals surface area contributed by atoms with Crippen molar-refractivity contribution in [1.82, 2.24) is 4.83 Å². The maximum Gasteiger partial charge on any atom is 0.276 e. The molecule has 0 aromatic heterocycles. The van der Waals surface area contributed by atoms with Gasteiger partial charge < -0.3 is 14.2 Å². The summed E-state index contributed by atoms with van der Waals surface area (Å²) in [7, 11) is -2.21. The van der Waals surface area contributed by atoms with E-state index in [2.05, 4.69) is 9.93 Å². The number of nitrogens with zero attached hydrogens (tertiary/aromatic N) is 1. The monoisotopic (exact) mass is 392 g/mol. The second-order valence-electron chi connectivity index (χ2n) is 5.52. The topological polar surface area (TPSA) is 86.2 Å². The van der Waals surface area contributed by atoms with Gasteiger partial charge in [0.1, 0.15) is 5.75 Å². The average Bonchev–Trinajstić information content (AvgIpc) is 2.67. The van der Waals surface area contributed by atoms with Crippen molar-refractivity contribution < 1.29 is 22.6 Å². The predicted molar refractivity (Wildman–Crippen MR) is 104 cm³/mol. The molecule has 2 aromatic rings. The number of ether oxygens (including phenoxy) is 3. The lowest BCUT2D eigenvalue weighted by Crippen LogP contribution is -2.18. The minimum absolute atomic E-state index is 0.101. The molecule has 27 heavy (non-hydrogen) atoms. The summed E-state index contributed by atoms with van der Waals surface area (Å²) in [4.78, 5) is 2.29. The van der Waals surface area contributed by atoms with Gasteiger partial charge in [-0.15, -0.1) is 0 Å². The summed E-state index contributed by atoms with van der Waals surface area (Å²) in [5.74, 6) is 1.80. The molecule has 146 valence electrons. The smallest absolute Gasteiger partial charge is 0.276 e. The Morgan fingerprint density at radius 2 is 1.78 bits per heavy atom. The molecule has 1 N–H and O–H groups in total. The van der Waals surface area contributed by atoms with Crippen LogP contribution in [0.1, 0.15) is 25.8 Å². The van der Waals surface area contributed by atoms with E-state index in [1.807, 2.05) is 13.8 Å². The van der Waals surface area contributed by atoms with Gasteiger partial charge in [0.25, 0.3) is 10.0 Å². The molecule has 0 amide bonds. The molecule has 0 spiro atoms. The van der Waals surface area contributed by atoms with Gasteiger partial charge in [0.2, 0.25) is 0 Å². The van der Waals surface area contributed by atoms with Gasteiger partial charge >= 0.3 is 0 Å². The summed E-state index contributed by atoms with van der Waals surface area (Å²) >= 11 is 0. The number of rotatable bonds is 10. The van der Waals surface area contributed by atoms with Crippen LogP contribution in [0.4, 0.5) is 0 Å². The molecule has 0 aliphatic heterocycles. The van der Waals surface area contributed by atoms with Gasteiger partial charge in [-0.3, -0.25) is 0 Å². The third kappa shape index (κ3) is 5.89. The molecular formula is C19H24N2O5S. The van der Waals surface area contributed by atoms with Crippen molar-refractivity contribution in [2.24, 2.45) is 5.10 Å². The van der Waals surface area contributed by atoms with Crippen molar-refractivity contribution in [2.75, 3.05) is 20.3 Å². The summed E-state index contributed by atoms with van der Waals surface area (Å²) in [6.07, 6.45) is 2.29. The molecule has 0 saturated heterocycles. The van der Waals surface area contributed by atoms with Crippen LogP contribution in [-0.4, -0.2) is 35.0 Å². The van der Waals surface area contributed by atoms with Gasteiger partial charge in [-0.2, -0.15) is 13.5 Å². The highest BCUT2D eigenvalue weighted by atomic mass is 32.2. The van der Waals surface area contributed by atoms with Crippen molar-refractivity contribution >= 4 is 16.2 Å². The van der Waals surface area contributed by atoms with Gasteiger partial charge in [0.15, 0.2) is 11.5 Å². The predicted octanol–water partition coefficient (Wildman–Crippen LogP) is 3.20. The van der Waals surface area contributed by atoms with Crippen LogP contribution in [0.2, 0.25) is 0 Å². The van der Waals surface area contributed by atoms with E-state index < -0.39 is 10.0 Å². The SMILES string of the molecule is CCCOc1ccc(/C=N\NS(=O)(=O)c2ccc(OCC)cc2)cc1OC. The van der Waals surface area contributed by atoms with Gasteiger partial charge in [0.05, 0.1) is 31.4 Å². The number of nitrogens with one attached hydrogen (secondary N) is 1. The summed E-state index contributed by atoms with van der Waals surface area (Å²) in [6.45, 7) is 4.98. The zero-order valence-corrected chi connectivity index (χ0v) is 16.5. The van der Waals surface area contributed by atoms with Crippen LogP contribution in [0.25, 0.3) is 0 Å². The molecule has 0 fully saturated rings. The molecule has 0 bridgehead atoms. The van der Waals surface area contributed by atoms with E-state index in [-0.39, 0.29) is 4.90 Å². The molecule has 0 unspecified atom stereocenters. The maximum atomic E-state index is 12.3. The van der Waals surface area contributed by atoms with E-state index in [4.69, 9.17) is 14.2 Å². The summed E-state index contributed by atoms with van der Waals surface area (Å²) in [5, 5.41) is 3.83. The lowest BCUT2D eigenvalue weighted by molar-refractivity contribution is 0.294. The number of methoxy groups -OCH3 is 1. The summed E-state index contributed by atoms with van der Waals surface area (Å²) in [5.41, 5.74) is 0.671. The standard InChI is InChI=1S/C19H24N2O5S/c1-4-12-26-18-11-6-15(13-19(18)24-3)14-20-21-27(22,23)17-9-7-16(8-10-17)25-5-2/h6-11,13-14,21H,4-5,12H2,1-3H3/b20-14-. The third-order valence-electron chi connectivity index (χ3n) is 3.48. The fraction of sp³-hybridized carbons (Fsp3) is 0.316. The molecule has 2 aromatic carbocycles. The quantitative estimate of drug-likeness (QED) is 0.496. The van der Waals surface area contributed by atoms with Crippen molar-refractivity contribution in [3.05, 3.63) is 48.0 Å². The van der Waals surface area contributed by atoms with Crippen LogP contribution >= 0.6 is 0 Å².